The van der Waals surface area contributed by atoms with Crippen LogP contribution in [0.1, 0.15) is 16.4 Å². The molecular formula is C16H20BrClN2OS. The Hall–Kier alpha value is -0.590. The molecule has 0 radical (unpaired) electrons. The van der Waals surface area contributed by atoms with Crippen LogP contribution in [0.25, 0.3) is 0 Å². The predicted molar refractivity (Wildman–Crippen MR) is 98.3 cm³/mol. The fourth-order valence-corrected chi connectivity index (χ4v) is 4.66. The number of ether oxygens (including phenoxy) is 1. The van der Waals surface area contributed by atoms with Gasteiger partial charge >= 0.3 is 0 Å². The summed E-state index contributed by atoms with van der Waals surface area (Å²) in [7, 11) is 1.71. The average molecular weight is 404 g/mol. The van der Waals surface area contributed by atoms with Crippen molar-refractivity contribution in [1.82, 2.24) is 4.90 Å². The van der Waals surface area contributed by atoms with E-state index in [0.29, 0.717) is 5.92 Å². The Morgan fingerprint density at radius 1 is 1.32 bits per heavy atom. The monoisotopic (exact) mass is 402 g/mol. The highest BCUT2D eigenvalue weighted by atomic mass is 79.9. The van der Waals surface area contributed by atoms with E-state index >= 15 is 0 Å². The molecule has 0 unspecified atom stereocenters. The summed E-state index contributed by atoms with van der Waals surface area (Å²) in [5, 5.41) is 0.938. The van der Waals surface area contributed by atoms with Gasteiger partial charge in [-0.2, -0.15) is 0 Å². The SMILES string of the molecule is COc1sc(CN2C[C@@H](N)[C@H](c3ccccc3)C2)cc1Br.Cl. The van der Waals surface area contributed by atoms with Crippen molar-refractivity contribution in [3.8, 4) is 5.06 Å². The number of likely N-dealkylation sites (tertiary alicyclic amines) is 1. The van der Waals surface area contributed by atoms with Crippen LogP contribution in [-0.2, 0) is 6.54 Å². The van der Waals surface area contributed by atoms with Gasteiger partial charge in [0.2, 0.25) is 0 Å². The fraction of sp³-hybridized carbons (Fsp3) is 0.375. The van der Waals surface area contributed by atoms with E-state index in [2.05, 4.69) is 57.2 Å². The Balaban J connectivity index is 0.00000176. The number of methoxy groups -OCH3 is 1. The number of nitrogens with zero attached hydrogens (tertiary/aromatic N) is 1. The molecule has 0 saturated carbocycles. The second kappa shape index (κ2) is 7.79. The topological polar surface area (TPSA) is 38.5 Å². The smallest absolute Gasteiger partial charge is 0.188 e. The molecule has 1 saturated heterocycles. The third-order valence-electron chi connectivity index (χ3n) is 3.94. The van der Waals surface area contributed by atoms with Crippen molar-refractivity contribution in [2.24, 2.45) is 5.73 Å². The summed E-state index contributed by atoms with van der Waals surface area (Å²) in [4.78, 5) is 3.74. The van der Waals surface area contributed by atoms with Crippen molar-refractivity contribution in [3.63, 3.8) is 0 Å². The van der Waals surface area contributed by atoms with Gasteiger partial charge in [-0.05, 0) is 27.6 Å². The fourth-order valence-electron chi connectivity index (χ4n) is 2.93. The molecular weight excluding hydrogens is 384 g/mol. The predicted octanol–water partition coefficient (Wildman–Crippen LogP) is 3.87. The van der Waals surface area contributed by atoms with Crippen LogP contribution >= 0.6 is 39.7 Å². The minimum atomic E-state index is 0. The Labute approximate surface area is 150 Å². The molecule has 0 bridgehead atoms. The lowest BCUT2D eigenvalue weighted by molar-refractivity contribution is 0.326. The van der Waals surface area contributed by atoms with Gasteiger partial charge in [0.1, 0.15) is 0 Å². The first kappa shape index (κ1) is 17.8. The van der Waals surface area contributed by atoms with E-state index in [1.807, 2.05) is 0 Å². The molecule has 22 heavy (non-hydrogen) atoms. The highest BCUT2D eigenvalue weighted by Crippen LogP contribution is 2.36. The minimum Gasteiger partial charge on any atom is -0.486 e. The molecule has 3 rings (SSSR count). The zero-order valence-electron chi connectivity index (χ0n) is 12.4. The van der Waals surface area contributed by atoms with Gasteiger partial charge in [-0.25, -0.2) is 0 Å². The lowest BCUT2D eigenvalue weighted by atomic mass is 9.95. The average Bonchev–Trinajstić information content (AvgIpc) is 3.02. The summed E-state index contributed by atoms with van der Waals surface area (Å²) < 4.78 is 6.37. The molecule has 0 spiro atoms. The molecule has 1 aliphatic heterocycles. The zero-order valence-corrected chi connectivity index (χ0v) is 15.6. The van der Waals surface area contributed by atoms with Crippen LogP contribution in [0.5, 0.6) is 5.06 Å². The Kier molecular flexibility index (Phi) is 6.29. The summed E-state index contributed by atoms with van der Waals surface area (Å²) in [6.07, 6.45) is 0. The van der Waals surface area contributed by atoms with Crippen LogP contribution in [-0.4, -0.2) is 31.1 Å². The van der Waals surface area contributed by atoms with Gasteiger partial charge in [0, 0.05) is 36.5 Å². The van der Waals surface area contributed by atoms with E-state index in [4.69, 9.17) is 10.5 Å². The van der Waals surface area contributed by atoms with Crippen LogP contribution in [0, 0.1) is 0 Å². The molecule has 2 heterocycles. The van der Waals surface area contributed by atoms with Crippen molar-refractivity contribution in [2.75, 3.05) is 20.2 Å². The van der Waals surface area contributed by atoms with Crippen molar-refractivity contribution in [3.05, 3.63) is 51.3 Å². The van der Waals surface area contributed by atoms with Crippen molar-refractivity contribution in [2.45, 2.75) is 18.5 Å². The minimum absolute atomic E-state index is 0. The van der Waals surface area contributed by atoms with Crippen LogP contribution in [0.2, 0.25) is 0 Å². The van der Waals surface area contributed by atoms with Crippen molar-refractivity contribution in [1.29, 1.82) is 0 Å². The first-order valence-electron chi connectivity index (χ1n) is 7.02. The molecule has 1 aliphatic rings. The van der Waals surface area contributed by atoms with Crippen LogP contribution in [0.3, 0.4) is 0 Å². The lowest BCUT2D eigenvalue weighted by Gasteiger charge is -2.15. The van der Waals surface area contributed by atoms with Gasteiger partial charge in [-0.1, -0.05) is 30.3 Å². The van der Waals surface area contributed by atoms with E-state index < -0.39 is 0 Å². The third kappa shape index (κ3) is 3.84. The summed E-state index contributed by atoms with van der Waals surface area (Å²) in [6.45, 7) is 2.89. The van der Waals surface area contributed by atoms with Crippen molar-refractivity contribution >= 4 is 39.7 Å². The first-order chi connectivity index (χ1) is 10.2. The molecule has 1 aromatic heterocycles. The normalized spacial score (nSPS) is 21.6. The van der Waals surface area contributed by atoms with Crippen LogP contribution < -0.4 is 10.5 Å². The quantitative estimate of drug-likeness (QED) is 0.842. The summed E-state index contributed by atoms with van der Waals surface area (Å²) in [6, 6.07) is 12.9. The molecule has 3 nitrogen and oxygen atoms in total. The molecule has 2 N–H and O–H groups in total. The highest BCUT2D eigenvalue weighted by molar-refractivity contribution is 9.10. The molecule has 0 aliphatic carbocycles. The largest absolute Gasteiger partial charge is 0.486 e. The van der Waals surface area contributed by atoms with Gasteiger partial charge in [0.15, 0.2) is 5.06 Å². The highest BCUT2D eigenvalue weighted by Gasteiger charge is 2.31. The number of benzene rings is 1. The third-order valence-corrected chi connectivity index (χ3v) is 5.87. The molecule has 1 fully saturated rings. The lowest BCUT2D eigenvalue weighted by Crippen LogP contribution is -2.28. The maximum absolute atomic E-state index is 6.34. The summed E-state index contributed by atoms with van der Waals surface area (Å²) >= 11 is 5.22. The van der Waals surface area contributed by atoms with E-state index in [0.717, 1.165) is 29.2 Å². The van der Waals surface area contributed by atoms with E-state index in [-0.39, 0.29) is 18.4 Å². The number of nitrogens with two attached hydrogens (primary N) is 1. The van der Waals surface area contributed by atoms with E-state index in [1.54, 1.807) is 18.4 Å². The van der Waals surface area contributed by atoms with Crippen LogP contribution in [0.4, 0.5) is 0 Å². The second-order valence-electron chi connectivity index (χ2n) is 5.43. The molecule has 6 heteroatoms. The van der Waals surface area contributed by atoms with Gasteiger partial charge in [-0.3, -0.25) is 4.90 Å². The van der Waals surface area contributed by atoms with E-state index in [9.17, 15) is 0 Å². The Morgan fingerprint density at radius 2 is 2.05 bits per heavy atom. The number of rotatable bonds is 4. The van der Waals surface area contributed by atoms with Gasteiger partial charge in [0.05, 0.1) is 11.6 Å². The Morgan fingerprint density at radius 3 is 2.68 bits per heavy atom. The van der Waals surface area contributed by atoms with Crippen LogP contribution in [0.15, 0.2) is 40.9 Å². The number of thiophene rings is 1. The molecule has 2 aromatic rings. The molecule has 120 valence electrons. The standard InChI is InChI=1S/C16H19BrN2OS.ClH/c1-20-16-14(17)7-12(21-16)8-19-9-13(15(18)10-19)11-5-3-2-4-6-11;/h2-7,13,15H,8-10,18H2,1H3;1H/t13-,15+;/m0./s1. The van der Waals surface area contributed by atoms with Crippen molar-refractivity contribution < 1.29 is 4.74 Å². The Bertz CT molecular complexity index is 607. The molecule has 0 amide bonds. The zero-order chi connectivity index (χ0) is 14.8. The van der Waals surface area contributed by atoms with Gasteiger partial charge in [0.25, 0.3) is 0 Å². The van der Waals surface area contributed by atoms with Gasteiger partial charge in [-0.15, -0.1) is 23.7 Å². The maximum atomic E-state index is 6.34. The maximum Gasteiger partial charge on any atom is 0.188 e. The van der Waals surface area contributed by atoms with Gasteiger partial charge < -0.3 is 10.5 Å². The summed E-state index contributed by atoms with van der Waals surface area (Å²) in [5.74, 6) is 0.427. The second-order valence-corrected chi connectivity index (χ2v) is 7.38. The molecule has 1 aromatic carbocycles. The number of halogens is 2. The first-order valence-corrected chi connectivity index (χ1v) is 8.63. The molecule has 2 atom stereocenters. The van der Waals surface area contributed by atoms with E-state index in [1.165, 1.54) is 10.4 Å². The number of hydrogen-bond donors (Lipinski definition) is 1. The summed E-state index contributed by atoms with van der Waals surface area (Å²) in [5.41, 5.74) is 7.69. The number of hydrogen-bond acceptors (Lipinski definition) is 4.